The molecule has 0 saturated carbocycles. The molecule has 0 aromatic heterocycles. The number of nitrogens with two attached hydrogens (primary N) is 1. The van der Waals surface area contributed by atoms with Crippen molar-refractivity contribution < 1.29 is 14.6 Å². The summed E-state index contributed by atoms with van der Waals surface area (Å²) in [5, 5.41) is 12.3. The van der Waals surface area contributed by atoms with Crippen molar-refractivity contribution in [2.45, 2.75) is 0 Å². The Morgan fingerprint density at radius 1 is 1.20 bits per heavy atom. The molecule has 1 amide bonds. The number of phenolic OH excluding ortho intramolecular Hbond substituents is 1. The van der Waals surface area contributed by atoms with Gasteiger partial charge in [0.05, 0.1) is 5.69 Å². The van der Waals surface area contributed by atoms with Crippen molar-refractivity contribution in [3.8, 4) is 11.5 Å². The van der Waals surface area contributed by atoms with Gasteiger partial charge in [-0.3, -0.25) is 5.32 Å². The second-order valence-corrected chi connectivity index (χ2v) is 4.18. The van der Waals surface area contributed by atoms with Crippen LogP contribution in [0, 0.1) is 0 Å². The predicted octanol–water partition coefficient (Wildman–Crippen LogP) is 3.66. The van der Waals surface area contributed by atoms with Gasteiger partial charge in [0.25, 0.3) is 0 Å². The molecule has 2 aromatic carbocycles. The summed E-state index contributed by atoms with van der Waals surface area (Å²) in [5.74, 6) is 0.242. The maximum atomic E-state index is 11.6. The molecule has 5 nitrogen and oxygen atoms in total. The molecule has 20 heavy (non-hydrogen) atoms. The smallest absolute Gasteiger partial charge is 0.417 e. The average molecular weight is 315 g/mol. The van der Waals surface area contributed by atoms with Crippen molar-refractivity contribution in [3.63, 3.8) is 0 Å². The van der Waals surface area contributed by atoms with E-state index in [1.807, 2.05) is 0 Å². The molecular formula is C13H12Cl2N2O3. The Hall–Kier alpha value is -2.11. The lowest BCUT2D eigenvalue weighted by molar-refractivity contribution is 0.215. The SMILES string of the molecule is Cl.Nc1ccc(OC(=O)Nc2cc(Cl)ccc2O)cc1. The summed E-state index contributed by atoms with van der Waals surface area (Å²) in [6.07, 6.45) is -0.734. The highest BCUT2D eigenvalue weighted by Crippen LogP contribution is 2.26. The van der Waals surface area contributed by atoms with Crippen molar-refractivity contribution >= 4 is 41.5 Å². The van der Waals surface area contributed by atoms with E-state index in [4.69, 9.17) is 22.1 Å². The Labute approximate surface area is 126 Å². The fourth-order valence-corrected chi connectivity index (χ4v) is 1.56. The van der Waals surface area contributed by atoms with Gasteiger partial charge in [-0.05, 0) is 42.5 Å². The second kappa shape index (κ2) is 6.88. The van der Waals surface area contributed by atoms with E-state index in [0.717, 1.165) is 0 Å². The van der Waals surface area contributed by atoms with Crippen molar-refractivity contribution in [2.24, 2.45) is 0 Å². The molecule has 4 N–H and O–H groups in total. The lowest BCUT2D eigenvalue weighted by Crippen LogP contribution is -2.16. The van der Waals surface area contributed by atoms with E-state index in [-0.39, 0.29) is 23.8 Å². The van der Waals surface area contributed by atoms with E-state index >= 15 is 0 Å². The molecule has 0 atom stereocenters. The van der Waals surface area contributed by atoms with E-state index < -0.39 is 6.09 Å². The number of aromatic hydroxyl groups is 1. The van der Waals surface area contributed by atoms with Gasteiger partial charge in [-0.2, -0.15) is 0 Å². The summed E-state index contributed by atoms with van der Waals surface area (Å²) in [7, 11) is 0. The van der Waals surface area contributed by atoms with E-state index in [1.165, 1.54) is 18.2 Å². The lowest BCUT2D eigenvalue weighted by Gasteiger charge is -2.08. The van der Waals surface area contributed by atoms with E-state index in [9.17, 15) is 9.90 Å². The Balaban J connectivity index is 0.00000200. The summed E-state index contributed by atoms with van der Waals surface area (Å²) in [5.41, 5.74) is 6.26. The molecule has 0 saturated heterocycles. The van der Waals surface area contributed by atoms with Gasteiger partial charge in [0.15, 0.2) is 0 Å². The molecule has 0 aliphatic heterocycles. The van der Waals surface area contributed by atoms with Crippen LogP contribution in [-0.4, -0.2) is 11.2 Å². The van der Waals surface area contributed by atoms with Crippen LogP contribution in [-0.2, 0) is 0 Å². The minimum absolute atomic E-state index is 0. The van der Waals surface area contributed by atoms with Crippen LogP contribution in [0.1, 0.15) is 0 Å². The largest absolute Gasteiger partial charge is 0.506 e. The number of hydrogen-bond donors (Lipinski definition) is 3. The number of nitrogens with one attached hydrogen (secondary N) is 1. The van der Waals surface area contributed by atoms with Crippen LogP contribution in [0.2, 0.25) is 5.02 Å². The minimum atomic E-state index is -0.734. The van der Waals surface area contributed by atoms with Crippen LogP contribution in [0.5, 0.6) is 11.5 Å². The number of halogens is 2. The zero-order valence-corrected chi connectivity index (χ0v) is 11.7. The van der Waals surface area contributed by atoms with Crippen LogP contribution >= 0.6 is 24.0 Å². The third-order valence-corrected chi connectivity index (χ3v) is 2.52. The highest BCUT2D eigenvalue weighted by Gasteiger charge is 2.09. The van der Waals surface area contributed by atoms with Crippen molar-refractivity contribution in [1.29, 1.82) is 0 Å². The van der Waals surface area contributed by atoms with Crippen LogP contribution < -0.4 is 15.8 Å². The number of anilines is 2. The molecule has 0 aliphatic rings. The van der Waals surface area contributed by atoms with Gasteiger partial charge in [-0.1, -0.05) is 11.6 Å². The summed E-state index contributed by atoms with van der Waals surface area (Å²) in [4.78, 5) is 11.6. The Bertz CT molecular complexity index is 603. The maximum absolute atomic E-state index is 11.6. The van der Waals surface area contributed by atoms with Crippen LogP contribution in [0.4, 0.5) is 16.2 Å². The number of amides is 1. The molecule has 7 heteroatoms. The summed E-state index contributed by atoms with van der Waals surface area (Å²) >= 11 is 5.76. The maximum Gasteiger partial charge on any atom is 0.417 e. The first-order valence-electron chi connectivity index (χ1n) is 5.37. The number of phenols is 1. The molecule has 0 unspecified atom stereocenters. The first-order valence-corrected chi connectivity index (χ1v) is 5.75. The number of rotatable bonds is 2. The topological polar surface area (TPSA) is 84.6 Å². The number of hydrogen-bond acceptors (Lipinski definition) is 4. The average Bonchev–Trinajstić information content (AvgIpc) is 2.37. The first-order chi connectivity index (χ1) is 9.04. The van der Waals surface area contributed by atoms with E-state index in [1.54, 1.807) is 24.3 Å². The molecular weight excluding hydrogens is 303 g/mol. The third-order valence-electron chi connectivity index (χ3n) is 2.29. The lowest BCUT2D eigenvalue weighted by atomic mass is 10.3. The number of ether oxygens (including phenoxy) is 1. The van der Waals surface area contributed by atoms with Crippen LogP contribution in [0.25, 0.3) is 0 Å². The number of nitrogen functional groups attached to an aromatic ring is 1. The molecule has 0 bridgehead atoms. The van der Waals surface area contributed by atoms with Gasteiger partial charge in [0, 0.05) is 10.7 Å². The fraction of sp³-hybridized carbons (Fsp3) is 0. The molecule has 0 radical (unpaired) electrons. The zero-order valence-electron chi connectivity index (χ0n) is 10.2. The van der Waals surface area contributed by atoms with Gasteiger partial charge in [0.2, 0.25) is 0 Å². The normalized spacial score (nSPS) is 9.45. The Kier molecular flexibility index (Phi) is 5.49. The van der Waals surface area contributed by atoms with Crippen molar-refractivity contribution in [2.75, 3.05) is 11.1 Å². The van der Waals surface area contributed by atoms with Crippen LogP contribution in [0.15, 0.2) is 42.5 Å². The Morgan fingerprint density at radius 2 is 1.85 bits per heavy atom. The van der Waals surface area contributed by atoms with Gasteiger partial charge in [-0.15, -0.1) is 12.4 Å². The fourth-order valence-electron chi connectivity index (χ4n) is 1.39. The molecule has 0 aliphatic carbocycles. The molecule has 106 valence electrons. The predicted molar refractivity (Wildman–Crippen MR) is 80.9 cm³/mol. The van der Waals surface area contributed by atoms with Gasteiger partial charge in [-0.25, -0.2) is 4.79 Å². The van der Waals surface area contributed by atoms with Crippen molar-refractivity contribution in [3.05, 3.63) is 47.5 Å². The van der Waals surface area contributed by atoms with Gasteiger partial charge < -0.3 is 15.6 Å². The third kappa shape index (κ3) is 4.22. The number of benzene rings is 2. The van der Waals surface area contributed by atoms with Gasteiger partial charge in [0.1, 0.15) is 11.5 Å². The molecule has 0 heterocycles. The molecule has 0 fully saturated rings. The highest BCUT2D eigenvalue weighted by molar-refractivity contribution is 6.31. The molecule has 2 aromatic rings. The van der Waals surface area contributed by atoms with Gasteiger partial charge >= 0.3 is 6.09 Å². The second-order valence-electron chi connectivity index (χ2n) is 3.75. The minimum Gasteiger partial charge on any atom is -0.506 e. The first kappa shape index (κ1) is 15.9. The zero-order chi connectivity index (χ0) is 13.8. The van der Waals surface area contributed by atoms with E-state index in [2.05, 4.69) is 5.32 Å². The summed E-state index contributed by atoms with van der Waals surface area (Å²) < 4.78 is 5.01. The standard InChI is InChI=1S/C13H11ClN2O3.ClH/c14-8-1-6-12(17)11(7-8)16-13(18)19-10-4-2-9(15)3-5-10;/h1-7,17H,15H2,(H,16,18);1H. The quantitative estimate of drug-likeness (QED) is 0.583. The van der Waals surface area contributed by atoms with Crippen LogP contribution in [0.3, 0.4) is 0 Å². The monoisotopic (exact) mass is 314 g/mol. The number of carbonyl (C=O) groups is 1. The van der Waals surface area contributed by atoms with E-state index in [0.29, 0.717) is 16.5 Å². The molecule has 2 rings (SSSR count). The summed E-state index contributed by atoms with van der Waals surface area (Å²) in [6, 6.07) is 10.6. The Morgan fingerprint density at radius 3 is 2.50 bits per heavy atom. The molecule has 0 spiro atoms. The summed E-state index contributed by atoms with van der Waals surface area (Å²) in [6.45, 7) is 0. The number of carbonyl (C=O) groups excluding carboxylic acids is 1. The highest BCUT2D eigenvalue weighted by atomic mass is 35.5. The van der Waals surface area contributed by atoms with Crippen molar-refractivity contribution in [1.82, 2.24) is 0 Å².